The minimum Gasteiger partial charge on any atom is -0.437 e. The number of hydrogen-bond donors (Lipinski definition) is 0. The van der Waals surface area contributed by atoms with Crippen molar-refractivity contribution in [2.75, 3.05) is 0 Å². The van der Waals surface area contributed by atoms with Crippen molar-refractivity contribution < 1.29 is 17.9 Å². The predicted molar refractivity (Wildman–Crippen MR) is 87.8 cm³/mol. The first-order valence-corrected chi connectivity index (χ1v) is 7.64. The minimum atomic E-state index is -3.13. The molecule has 3 aromatic rings. The summed E-state index contributed by atoms with van der Waals surface area (Å²) in [7, 11) is 0. The van der Waals surface area contributed by atoms with E-state index in [2.05, 4.69) is 15.1 Å². The minimum absolute atomic E-state index is 0.0310. The van der Waals surface area contributed by atoms with E-state index in [1.54, 1.807) is 0 Å². The lowest BCUT2D eigenvalue weighted by molar-refractivity contribution is 0.0640. The Morgan fingerprint density at radius 3 is 2.63 bits per heavy atom. The number of aryl methyl sites for hydroxylation is 1. The molecule has 0 aliphatic heterocycles. The van der Waals surface area contributed by atoms with Gasteiger partial charge in [0, 0.05) is 18.2 Å². The van der Waals surface area contributed by atoms with Crippen molar-refractivity contribution in [3.05, 3.63) is 62.6 Å². The van der Waals surface area contributed by atoms with Gasteiger partial charge < -0.3 is 4.74 Å². The van der Waals surface area contributed by atoms with Crippen LogP contribution in [0.15, 0.2) is 35.3 Å². The molecule has 0 aliphatic carbocycles. The largest absolute Gasteiger partial charge is 0.437 e. The molecule has 3 rings (SSSR count). The number of pyridine rings is 1. The number of aromatic nitrogens is 4. The van der Waals surface area contributed by atoms with Crippen LogP contribution in [0.1, 0.15) is 12.4 Å². The van der Waals surface area contributed by atoms with Crippen LogP contribution in [0.25, 0.3) is 10.7 Å². The number of diazo groups is 1. The first-order chi connectivity index (χ1) is 12.8. The van der Waals surface area contributed by atoms with Crippen LogP contribution >= 0.6 is 11.6 Å². The van der Waals surface area contributed by atoms with Crippen LogP contribution < -0.4 is 10.4 Å². The van der Waals surface area contributed by atoms with Gasteiger partial charge in [0.25, 0.3) is 0 Å². The summed E-state index contributed by atoms with van der Waals surface area (Å²) in [5, 5.41) is 12.1. The maximum atomic E-state index is 14.3. The molecule has 0 N–H and O–H groups in total. The quantitative estimate of drug-likeness (QED) is 0.615. The van der Waals surface area contributed by atoms with E-state index < -0.39 is 23.7 Å². The number of ether oxygens (including phenoxy) is 1. The van der Waals surface area contributed by atoms with Crippen molar-refractivity contribution in [2.45, 2.75) is 13.5 Å². The van der Waals surface area contributed by atoms with E-state index in [4.69, 9.17) is 21.7 Å². The van der Waals surface area contributed by atoms with Crippen LogP contribution in [0.3, 0.4) is 0 Å². The van der Waals surface area contributed by atoms with Gasteiger partial charge in [0.1, 0.15) is 23.5 Å². The first-order valence-electron chi connectivity index (χ1n) is 7.26. The Bertz CT molecular complexity index is 1100. The van der Waals surface area contributed by atoms with Crippen molar-refractivity contribution in [3.63, 3.8) is 0 Å². The van der Waals surface area contributed by atoms with Gasteiger partial charge >= 0.3 is 17.9 Å². The van der Waals surface area contributed by atoms with E-state index in [1.165, 1.54) is 25.3 Å². The van der Waals surface area contributed by atoms with E-state index in [9.17, 15) is 18.0 Å². The van der Waals surface area contributed by atoms with Crippen LogP contribution in [-0.2, 0) is 0 Å². The Hall–Kier alpha value is -3.39. The number of alkyl halides is 2. The molecule has 0 amide bonds. The van der Waals surface area contributed by atoms with Crippen LogP contribution in [0.4, 0.5) is 18.9 Å². The summed E-state index contributed by atoms with van der Waals surface area (Å²) in [5.41, 5.74) is -1.47. The SMILES string of the molecule is Cc1nn(-c2cc(Oc3ccc([N+]#N)cn3)c(Cl)cc2F)c(=O)n1C(F)F. The number of rotatable bonds is 4. The molecule has 0 bridgehead atoms. The highest BCUT2D eigenvalue weighted by Crippen LogP contribution is 2.32. The number of nitrogens with zero attached hydrogens (tertiary/aromatic N) is 6. The number of hydrogen-bond acceptors (Lipinski definition) is 5. The molecule has 0 spiro atoms. The number of benzene rings is 1. The molecule has 0 aliphatic rings. The molecule has 0 fully saturated rings. The molecule has 0 saturated heterocycles. The molecule has 12 heteroatoms. The van der Waals surface area contributed by atoms with Gasteiger partial charge in [-0.15, -0.1) is 5.10 Å². The molecule has 2 aromatic heterocycles. The Kier molecular flexibility index (Phi) is 4.83. The standard InChI is InChI=1S/C15H9ClF3N6O2/c1-7-23-25(15(26)24(7)14(18)19)11-5-12(9(16)4-10(11)17)27-13-3-2-8(22-20)6-21-13/h2-6,14H,1H3/q+1. The fraction of sp³-hybridized carbons (Fsp3) is 0.133. The van der Waals surface area contributed by atoms with Crippen LogP contribution in [0.5, 0.6) is 11.6 Å². The van der Waals surface area contributed by atoms with Gasteiger partial charge in [0.2, 0.25) is 11.3 Å². The highest BCUT2D eigenvalue weighted by molar-refractivity contribution is 6.32. The average Bonchev–Trinajstić information content (AvgIpc) is 2.92. The van der Waals surface area contributed by atoms with Crippen molar-refractivity contribution in [1.29, 1.82) is 5.39 Å². The first kappa shape index (κ1) is 18.4. The molecule has 27 heavy (non-hydrogen) atoms. The second kappa shape index (κ2) is 7.08. The smallest absolute Gasteiger partial charge is 0.403 e. The van der Waals surface area contributed by atoms with Crippen LogP contribution in [0, 0.1) is 18.1 Å². The van der Waals surface area contributed by atoms with Crippen LogP contribution in [-0.4, -0.2) is 19.3 Å². The topological polar surface area (TPSA) is 90.1 Å². The molecule has 138 valence electrons. The Morgan fingerprint density at radius 1 is 1.33 bits per heavy atom. The van der Waals surface area contributed by atoms with E-state index >= 15 is 0 Å². The van der Waals surface area contributed by atoms with Gasteiger partial charge in [-0.25, -0.2) is 18.7 Å². The Morgan fingerprint density at radius 2 is 2.07 bits per heavy atom. The Balaban J connectivity index is 2.06. The summed E-state index contributed by atoms with van der Waals surface area (Å²) in [6.45, 7) is -1.94. The van der Waals surface area contributed by atoms with E-state index in [0.29, 0.717) is 4.68 Å². The van der Waals surface area contributed by atoms with E-state index in [-0.39, 0.29) is 32.7 Å². The van der Waals surface area contributed by atoms with Crippen molar-refractivity contribution in [3.8, 4) is 17.3 Å². The summed E-state index contributed by atoms with van der Waals surface area (Å²) >= 11 is 5.94. The third kappa shape index (κ3) is 3.47. The van der Waals surface area contributed by atoms with Crippen molar-refractivity contribution in [2.24, 2.45) is 0 Å². The fourth-order valence-corrected chi connectivity index (χ4v) is 2.41. The zero-order chi connectivity index (χ0) is 19.7. The lowest BCUT2D eigenvalue weighted by atomic mass is 10.3. The van der Waals surface area contributed by atoms with Gasteiger partial charge in [0.05, 0.1) is 5.02 Å². The summed E-state index contributed by atoms with van der Waals surface area (Å²) in [6, 6.07) is 4.63. The van der Waals surface area contributed by atoms with Gasteiger partial charge in [-0.05, 0) is 13.0 Å². The third-order valence-corrected chi connectivity index (χ3v) is 3.75. The predicted octanol–water partition coefficient (Wildman–Crippen LogP) is 4.20. The van der Waals surface area contributed by atoms with Gasteiger partial charge in [-0.3, -0.25) is 0 Å². The second-order valence-electron chi connectivity index (χ2n) is 5.18. The van der Waals surface area contributed by atoms with Gasteiger partial charge in [-0.2, -0.15) is 13.5 Å². The number of halogens is 4. The zero-order valence-corrected chi connectivity index (χ0v) is 14.2. The molecule has 0 atom stereocenters. The molecule has 0 unspecified atom stereocenters. The van der Waals surface area contributed by atoms with Gasteiger partial charge in [-0.1, -0.05) is 11.6 Å². The molecule has 1 aromatic carbocycles. The average molecular weight is 398 g/mol. The monoisotopic (exact) mass is 397 g/mol. The zero-order valence-electron chi connectivity index (χ0n) is 13.5. The molecule has 0 saturated carbocycles. The van der Waals surface area contributed by atoms with Gasteiger partial charge in [0.15, 0.2) is 10.8 Å². The fourth-order valence-electron chi connectivity index (χ4n) is 2.22. The summed E-state index contributed by atoms with van der Waals surface area (Å²) in [4.78, 5) is 18.9. The van der Waals surface area contributed by atoms with Crippen molar-refractivity contribution >= 4 is 17.3 Å². The normalized spacial score (nSPS) is 10.9. The lowest BCUT2D eigenvalue weighted by Gasteiger charge is -2.09. The summed E-state index contributed by atoms with van der Waals surface area (Å²) in [6.07, 6.45) is 1.20. The van der Waals surface area contributed by atoms with E-state index in [1.807, 2.05) is 0 Å². The summed E-state index contributed by atoms with van der Waals surface area (Å²) in [5.74, 6) is -1.32. The molecule has 0 radical (unpaired) electrons. The highest BCUT2D eigenvalue weighted by atomic mass is 35.5. The summed E-state index contributed by atoms with van der Waals surface area (Å²) < 4.78 is 46.2. The highest BCUT2D eigenvalue weighted by Gasteiger charge is 2.22. The Labute approximate surface area is 154 Å². The van der Waals surface area contributed by atoms with E-state index in [0.717, 1.165) is 12.1 Å². The molecule has 2 heterocycles. The maximum Gasteiger partial charge on any atom is 0.403 e. The second-order valence-corrected chi connectivity index (χ2v) is 5.59. The molecular formula is C15H9ClF3N6O2+. The molecular weight excluding hydrogens is 389 g/mol. The lowest BCUT2D eigenvalue weighted by Crippen LogP contribution is -2.25. The van der Waals surface area contributed by atoms with Crippen LogP contribution in [0.2, 0.25) is 5.02 Å². The maximum absolute atomic E-state index is 14.3. The third-order valence-electron chi connectivity index (χ3n) is 3.46. The van der Waals surface area contributed by atoms with Crippen molar-refractivity contribution in [1.82, 2.24) is 19.3 Å². The molecule has 8 nitrogen and oxygen atoms in total.